The highest BCUT2D eigenvalue weighted by atomic mass is 127. The molecule has 3 aliphatic carbocycles. The zero-order valence-corrected chi connectivity index (χ0v) is 14.2. The Hall–Kier alpha value is -0.380. The molecule has 1 aromatic rings. The van der Waals surface area contributed by atoms with Crippen LogP contribution in [0.3, 0.4) is 0 Å². The van der Waals surface area contributed by atoms with Crippen LogP contribution in [-0.4, -0.2) is 5.78 Å². The third kappa shape index (κ3) is 1.76. The van der Waals surface area contributed by atoms with E-state index in [0.29, 0.717) is 11.7 Å². The Bertz CT molecular complexity index is 579. The Morgan fingerprint density at radius 3 is 2.90 bits per heavy atom. The molecule has 4 unspecified atom stereocenters. The van der Waals surface area contributed by atoms with Crippen LogP contribution in [-0.2, 0) is 11.2 Å². The van der Waals surface area contributed by atoms with Gasteiger partial charge in [-0.05, 0) is 95.7 Å². The molecule has 0 amide bonds. The van der Waals surface area contributed by atoms with Gasteiger partial charge in [-0.2, -0.15) is 0 Å². The molecule has 0 radical (unpaired) electrons. The van der Waals surface area contributed by atoms with Crippen LogP contribution in [0.15, 0.2) is 18.2 Å². The second-order valence-corrected chi connectivity index (χ2v) is 8.42. The fourth-order valence-electron chi connectivity index (χ4n) is 5.31. The molecule has 20 heavy (non-hydrogen) atoms. The van der Waals surface area contributed by atoms with Gasteiger partial charge in [-0.3, -0.25) is 4.79 Å². The first kappa shape index (κ1) is 13.3. The van der Waals surface area contributed by atoms with Crippen molar-refractivity contribution in [2.45, 2.75) is 51.4 Å². The maximum absolute atomic E-state index is 12.3. The summed E-state index contributed by atoms with van der Waals surface area (Å²) >= 11 is 2.43. The Kier molecular flexibility index (Phi) is 3.03. The summed E-state index contributed by atoms with van der Waals surface area (Å²) in [5.74, 6) is 2.68. The van der Waals surface area contributed by atoms with Gasteiger partial charge >= 0.3 is 0 Å². The molecule has 0 bridgehead atoms. The summed E-state index contributed by atoms with van der Waals surface area (Å²) in [7, 11) is 0. The van der Waals surface area contributed by atoms with Crippen LogP contribution in [0.4, 0.5) is 0 Å². The lowest BCUT2D eigenvalue weighted by atomic mass is 9.55. The van der Waals surface area contributed by atoms with Crippen molar-refractivity contribution in [2.24, 2.45) is 17.3 Å². The summed E-state index contributed by atoms with van der Waals surface area (Å²) in [6, 6.07) is 6.98. The van der Waals surface area contributed by atoms with Gasteiger partial charge in [0.05, 0.1) is 0 Å². The van der Waals surface area contributed by atoms with Crippen molar-refractivity contribution in [3.8, 4) is 0 Å². The van der Waals surface area contributed by atoms with E-state index in [-0.39, 0.29) is 5.41 Å². The van der Waals surface area contributed by atoms with Gasteiger partial charge in [0.25, 0.3) is 0 Å². The van der Waals surface area contributed by atoms with Gasteiger partial charge in [-0.1, -0.05) is 13.0 Å². The van der Waals surface area contributed by atoms with Crippen LogP contribution in [0.25, 0.3) is 0 Å². The van der Waals surface area contributed by atoms with Crippen LogP contribution in [0.2, 0.25) is 0 Å². The van der Waals surface area contributed by atoms with Crippen LogP contribution in [0, 0.1) is 20.8 Å². The van der Waals surface area contributed by atoms with Crippen molar-refractivity contribution < 1.29 is 4.79 Å². The zero-order valence-electron chi connectivity index (χ0n) is 12.0. The summed E-state index contributed by atoms with van der Waals surface area (Å²) in [5.41, 5.74) is 3.19. The molecule has 106 valence electrons. The summed E-state index contributed by atoms with van der Waals surface area (Å²) in [4.78, 5) is 12.3. The molecule has 4 rings (SSSR count). The minimum atomic E-state index is 0.0145. The molecule has 4 atom stereocenters. The molecule has 1 nitrogen and oxygen atoms in total. The van der Waals surface area contributed by atoms with E-state index in [4.69, 9.17) is 0 Å². The van der Waals surface area contributed by atoms with E-state index in [1.807, 2.05) is 0 Å². The van der Waals surface area contributed by atoms with E-state index >= 15 is 0 Å². The molecule has 0 aliphatic heterocycles. The fraction of sp³-hybridized carbons (Fsp3) is 0.611. The molecule has 2 saturated carbocycles. The number of fused-ring (bicyclic) bond motifs is 5. The lowest BCUT2D eigenvalue weighted by molar-refractivity contribution is -0.129. The zero-order chi connectivity index (χ0) is 13.9. The average Bonchev–Trinajstić information content (AvgIpc) is 2.74. The number of rotatable bonds is 0. The van der Waals surface area contributed by atoms with Crippen LogP contribution in [0.1, 0.15) is 56.1 Å². The van der Waals surface area contributed by atoms with Gasteiger partial charge in [0.15, 0.2) is 0 Å². The van der Waals surface area contributed by atoms with Crippen molar-refractivity contribution in [1.29, 1.82) is 0 Å². The molecule has 0 spiro atoms. The number of ketones is 1. The van der Waals surface area contributed by atoms with Gasteiger partial charge in [0.2, 0.25) is 0 Å². The predicted octanol–water partition coefficient (Wildman–Crippen LogP) is 4.72. The molecule has 1 aromatic carbocycles. The van der Waals surface area contributed by atoms with Gasteiger partial charge < -0.3 is 0 Å². The number of hydrogen-bond donors (Lipinski definition) is 0. The second kappa shape index (κ2) is 4.56. The lowest BCUT2D eigenvalue weighted by Gasteiger charge is -2.48. The average molecular weight is 380 g/mol. The number of aryl methyl sites for hydroxylation is 1. The Morgan fingerprint density at radius 1 is 1.20 bits per heavy atom. The minimum Gasteiger partial charge on any atom is -0.299 e. The Balaban J connectivity index is 1.74. The number of Topliss-reactive ketones (excluding diaryl/α,β-unsaturated/α-hetero) is 1. The molecular formula is C18H21IO. The van der Waals surface area contributed by atoms with Crippen molar-refractivity contribution in [2.75, 3.05) is 0 Å². The molecule has 0 saturated heterocycles. The highest BCUT2D eigenvalue weighted by molar-refractivity contribution is 14.1. The predicted molar refractivity (Wildman–Crippen MR) is 88.8 cm³/mol. The van der Waals surface area contributed by atoms with E-state index in [1.54, 1.807) is 11.1 Å². The Morgan fingerprint density at radius 2 is 2.05 bits per heavy atom. The minimum absolute atomic E-state index is 0.0145. The maximum Gasteiger partial charge on any atom is 0.139 e. The van der Waals surface area contributed by atoms with Crippen molar-refractivity contribution >= 4 is 28.4 Å². The molecular weight excluding hydrogens is 359 g/mol. The van der Waals surface area contributed by atoms with Crippen molar-refractivity contribution in [1.82, 2.24) is 0 Å². The SMILES string of the molecule is CC12CCC3c4cc(I)ccc4CCC3C1CCC2=O. The highest BCUT2D eigenvalue weighted by Gasteiger charge is 2.54. The smallest absolute Gasteiger partial charge is 0.139 e. The van der Waals surface area contributed by atoms with E-state index in [9.17, 15) is 4.79 Å². The van der Waals surface area contributed by atoms with Crippen molar-refractivity contribution in [3.05, 3.63) is 32.9 Å². The van der Waals surface area contributed by atoms with E-state index in [1.165, 1.54) is 22.8 Å². The van der Waals surface area contributed by atoms with Crippen LogP contribution < -0.4 is 0 Å². The third-order valence-electron chi connectivity index (χ3n) is 6.40. The first-order valence-electron chi connectivity index (χ1n) is 7.91. The molecule has 0 heterocycles. The van der Waals surface area contributed by atoms with Gasteiger partial charge in [0.1, 0.15) is 5.78 Å². The van der Waals surface area contributed by atoms with Gasteiger partial charge in [-0.25, -0.2) is 0 Å². The van der Waals surface area contributed by atoms with E-state index in [0.717, 1.165) is 31.1 Å². The van der Waals surface area contributed by atoms with E-state index < -0.39 is 0 Å². The largest absolute Gasteiger partial charge is 0.299 e. The number of carbonyl (C=O) groups excluding carboxylic acids is 1. The summed E-state index contributed by atoms with van der Waals surface area (Å²) < 4.78 is 1.36. The molecule has 2 fully saturated rings. The monoisotopic (exact) mass is 380 g/mol. The number of hydrogen-bond acceptors (Lipinski definition) is 1. The summed E-state index contributed by atoms with van der Waals surface area (Å²) in [6.45, 7) is 2.26. The summed E-state index contributed by atoms with van der Waals surface area (Å²) in [6.07, 6.45) is 6.83. The molecule has 0 N–H and O–H groups in total. The highest BCUT2D eigenvalue weighted by Crippen LogP contribution is 2.59. The quantitative estimate of drug-likeness (QED) is 0.596. The fourth-order valence-corrected chi connectivity index (χ4v) is 5.82. The first-order valence-corrected chi connectivity index (χ1v) is 8.99. The second-order valence-electron chi connectivity index (χ2n) is 7.18. The number of halogens is 1. The van der Waals surface area contributed by atoms with Crippen molar-refractivity contribution in [3.63, 3.8) is 0 Å². The van der Waals surface area contributed by atoms with Crippen LogP contribution in [0.5, 0.6) is 0 Å². The van der Waals surface area contributed by atoms with Crippen LogP contribution >= 0.6 is 22.6 Å². The normalized spacial score (nSPS) is 39.1. The summed E-state index contributed by atoms with van der Waals surface area (Å²) in [5, 5.41) is 0. The number of carbonyl (C=O) groups is 1. The third-order valence-corrected chi connectivity index (χ3v) is 7.07. The van der Waals surface area contributed by atoms with E-state index in [2.05, 4.69) is 47.7 Å². The lowest BCUT2D eigenvalue weighted by Crippen LogP contribution is -2.42. The molecule has 2 heteroatoms. The van der Waals surface area contributed by atoms with Gasteiger partial charge in [-0.15, -0.1) is 0 Å². The standard InChI is InChI=1S/C18H21IO/c1-18-9-8-13-14(16(18)6-7-17(18)20)5-3-11-2-4-12(19)10-15(11)13/h2,4,10,13-14,16H,3,5-9H2,1H3. The molecule has 0 aromatic heterocycles. The first-order chi connectivity index (χ1) is 9.59. The Labute approximate surface area is 134 Å². The maximum atomic E-state index is 12.3. The molecule has 3 aliphatic rings. The number of benzene rings is 1. The topological polar surface area (TPSA) is 17.1 Å². The van der Waals surface area contributed by atoms with Gasteiger partial charge in [0, 0.05) is 15.4 Å².